The molecule has 0 atom stereocenters. The summed E-state index contributed by atoms with van der Waals surface area (Å²) < 4.78 is 11.1. The summed E-state index contributed by atoms with van der Waals surface area (Å²) >= 11 is 0. The van der Waals surface area contributed by atoms with E-state index in [1.54, 1.807) is 18.2 Å². The number of nitrogens with one attached hydrogen (secondary N) is 1. The molecule has 0 fully saturated rings. The maximum absolute atomic E-state index is 10.8. The first kappa shape index (κ1) is 20.2. The standard InChI is InChI=1S/C23H20N4O4/c1-13(2)30-20-7-4-15(9-17(20)11-24)23-26-22(27-31-23)14-3-6-18-16(5-8-21(28)29)12-25-19(18)10-14/h3-4,6-7,9-10,12-13,25H,5,8H2,1-2H3,(H,28,29). The number of aromatic amines is 1. The van der Waals surface area contributed by atoms with Gasteiger partial charge in [0, 0.05) is 34.6 Å². The Labute approximate surface area is 178 Å². The third kappa shape index (κ3) is 4.26. The molecule has 4 aromatic rings. The number of ether oxygens (including phenoxy) is 1. The average Bonchev–Trinajstić information content (AvgIpc) is 3.39. The number of aryl methyl sites for hydroxylation is 1. The van der Waals surface area contributed by atoms with Gasteiger partial charge in [0.25, 0.3) is 5.89 Å². The smallest absolute Gasteiger partial charge is 0.303 e. The molecule has 0 saturated heterocycles. The van der Waals surface area contributed by atoms with Gasteiger partial charge in [-0.25, -0.2) is 0 Å². The Balaban J connectivity index is 1.61. The Morgan fingerprint density at radius 2 is 2.06 bits per heavy atom. The molecule has 0 spiro atoms. The molecule has 0 amide bonds. The summed E-state index contributed by atoms with van der Waals surface area (Å²) in [5, 5.41) is 23.4. The molecule has 0 aliphatic rings. The first-order valence-electron chi connectivity index (χ1n) is 9.81. The number of carbonyl (C=O) groups is 1. The van der Waals surface area contributed by atoms with Crippen LogP contribution in [0.3, 0.4) is 0 Å². The molecule has 4 rings (SSSR count). The fourth-order valence-electron chi connectivity index (χ4n) is 3.34. The zero-order valence-electron chi connectivity index (χ0n) is 17.0. The predicted molar refractivity (Wildman–Crippen MR) is 113 cm³/mol. The summed E-state index contributed by atoms with van der Waals surface area (Å²) in [7, 11) is 0. The highest BCUT2D eigenvalue weighted by Crippen LogP contribution is 2.29. The number of fused-ring (bicyclic) bond motifs is 1. The number of H-pyrrole nitrogens is 1. The SMILES string of the molecule is CC(C)Oc1ccc(-c2nc(-c3ccc4c(CCC(=O)O)c[nH]c4c3)no2)cc1C#N. The van der Waals surface area contributed by atoms with E-state index in [0.717, 1.165) is 22.0 Å². The largest absolute Gasteiger partial charge is 0.490 e. The molecule has 0 aliphatic heterocycles. The van der Waals surface area contributed by atoms with Crippen LogP contribution in [0.5, 0.6) is 5.75 Å². The van der Waals surface area contributed by atoms with E-state index in [1.807, 2.05) is 38.2 Å². The number of rotatable bonds is 7. The number of aromatic nitrogens is 3. The number of nitrogens with zero attached hydrogens (tertiary/aromatic N) is 3. The molecule has 0 saturated carbocycles. The van der Waals surface area contributed by atoms with E-state index < -0.39 is 5.97 Å². The van der Waals surface area contributed by atoms with Gasteiger partial charge in [-0.1, -0.05) is 17.3 Å². The van der Waals surface area contributed by atoms with Gasteiger partial charge in [-0.3, -0.25) is 4.79 Å². The zero-order valence-corrected chi connectivity index (χ0v) is 17.0. The zero-order chi connectivity index (χ0) is 22.0. The van der Waals surface area contributed by atoms with Crippen molar-refractivity contribution in [2.24, 2.45) is 0 Å². The van der Waals surface area contributed by atoms with Crippen LogP contribution in [0.4, 0.5) is 0 Å². The van der Waals surface area contributed by atoms with E-state index in [1.165, 1.54) is 0 Å². The molecule has 8 heteroatoms. The van der Waals surface area contributed by atoms with Gasteiger partial charge >= 0.3 is 5.97 Å². The summed E-state index contributed by atoms with van der Waals surface area (Å²) in [6.07, 6.45) is 2.32. The van der Waals surface area contributed by atoms with Gasteiger partial charge in [0.2, 0.25) is 5.82 Å². The number of hydrogen-bond donors (Lipinski definition) is 2. The van der Waals surface area contributed by atoms with Crippen LogP contribution >= 0.6 is 0 Å². The van der Waals surface area contributed by atoms with Crippen molar-refractivity contribution in [3.63, 3.8) is 0 Å². The van der Waals surface area contributed by atoms with Crippen molar-refractivity contribution in [1.29, 1.82) is 5.26 Å². The Morgan fingerprint density at radius 1 is 1.26 bits per heavy atom. The summed E-state index contributed by atoms with van der Waals surface area (Å²) in [6, 6.07) is 13.0. The van der Waals surface area contributed by atoms with E-state index >= 15 is 0 Å². The van der Waals surface area contributed by atoms with Gasteiger partial charge < -0.3 is 19.4 Å². The van der Waals surface area contributed by atoms with Gasteiger partial charge in [0.1, 0.15) is 11.8 Å². The van der Waals surface area contributed by atoms with Crippen molar-refractivity contribution in [3.8, 4) is 34.7 Å². The Morgan fingerprint density at radius 3 is 2.81 bits per heavy atom. The Bertz CT molecular complexity index is 1300. The van der Waals surface area contributed by atoms with E-state index in [4.69, 9.17) is 14.4 Å². The van der Waals surface area contributed by atoms with E-state index in [9.17, 15) is 10.1 Å². The molecule has 0 unspecified atom stereocenters. The predicted octanol–water partition coefficient (Wildman–Crippen LogP) is 4.56. The van der Waals surface area contributed by atoms with Crippen molar-refractivity contribution in [2.75, 3.05) is 0 Å². The number of hydrogen-bond acceptors (Lipinski definition) is 6. The second-order valence-corrected chi connectivity index (χ2v) is 7.38. The lowest BCUT2D eigenvalue weighted by atomic mass is 10.1. The first-order chi connectivity index (χ1) is 14.9. The second kappa shape index (κ2) is 8.32. The molecule has 2 aromatic heterocycles. The minimum atomic E-state index is -0.825. The number of carboxylic acids is 1. The van der Waals surface area contributed by atoms with Crippen LogP contribution in [0.25, 0.3) is 33.7 Å². The quantitative estimate of drug-likeness (QED) is 0.452. The van der Waals surface area contributed by atoms with Gasteiger partial charge in [0.05, 0.1) is 11.7 Å². The molecule has 0 bridgehead atoms. The monoisotopic (exact) mass is 416 g/mol. The van der Waals surface area contributed by atoms with Crippen molar-refractivity contribution >= 4 is 16.9 Å². The lowest BCUT2D eigenvalue weighted by molar-refractivity contribution is -0.136. The molecule has 31 heavy (non-hydrogen) atoms. The van der Waals surface area contributed by atoms with Gasteiger partial charge in [-0.2, -0.15) is 10.2 Å². The summed E-state index contributed by atoms with van der Waals surface area (Å²) in [5.41, 5.74) is 3.60. The highest BCUT2D eigenvalue weighted by atomic mass is 16.5. The molecular formula is C23H20N4O4. The lowest BCUT2D eigenvalue weighted by Gasteiger charge is -2.11. The number of carboxylic acid groups (broad SMARTS) is 1. The summed E-state index contributed by atoms with van der Waals surface area (Å²) in [6.45, 7) is 3.80. The molecule has 0 radical (unpaired) electrons. The van der Waals surface area contributed by atoms with E-state index in [-0.39, 0.29) is 12.5 Å². The topological polar surface area (TPSA) is 125 Å². The van der Waals surface area contributed by atoms with Crippen molar-refractivity contribution in [3.05, 3.63) is 53.7 Å². The minimum absolute atomic E-state index is 0.0412. The van der Waals surface area contributed by atoms with Crippen LogP contribution in [0.15, 0.2) is 47.1 Å². The Hall–Kier alpha value is -4.12. The Kier molecular flexibility index (Phi) is 5.41. The van der Waals surface area contributed by atoms with Crippen molar-refractivity contribution in [2.45, 2.75) is 32.8 Å². The second-order valence-electron chi connectivity index (χ2n) is 7.38. The highest BCUT2D eigenvalue weighted by Gasteiger charge is 2.15. The molecular weight excluding hydrogens is 396 g/mol. The van der Waals surface area contributed by atoms with Crippen LogP contribution in [0, 0.1) is 11.3 Å². The normalized spacial score (nSPS) is 11.0. The van der Waals surface area contributed by atoms with Crippen LogP contribution < -0.4 is 4.74 Å². The third-order valence-electron chi connectivity index (χ3n) is 4.77. The van der Waals surface area contributed by atoms with Crippen LogP contribution in [0.1, 0.15) is 31.4 Å². The van der Waals surface area contributed by atoms with Crippen LogP contribution in [0.2, 0.25) is 0 Å². The van der Waals surface area contributed by atoms with Crippen molar-refractivity contribution in [1.82, 2.24) is 15.1 Å². The molecule has 2 heterocycles. The molecule has 156 valence electrons. The van der Waals surface area contributed by atoms with E-state index in [2.05, 4.69) is 21.2 Å². The summed E-state index contributed by atoms with van der Waals surface area (Å²) in [4.78, 5) is 18.5. The third-order valence-corrected chi connectivity index (χ3v) is 4.77. The minimum Gasteiger partial charge on any atom is -0.490 e. The van der Waals surface area contributed by atoms with Crippen LogP contribution in [-0.4, -0.2) is 32.3 Å². The number of aliphatic carboxylic acids is 1. The van der Waals surface area contributed by atoms with Gasteiger partial charge in [0.15, 0.2) is 0 Å². The average molecular weight is 416 g/mol. The van der Waals surface area contributed by atoms with Gasteiger partial charge in [-0.15, -0.1) is 0 Å². The maximum Gasteiger partial charge on any atom is 0.303 e. The van der Waals surface area contributed by atoms with Crippen molar-refractivity contribution < 1.29 is 19.2 Å². The molecule has 0 aliphatic carbocycles. The molecule has 2 aromatic carbocycles. The summed E-state index contributed by atoms with van der Waals surface area (Å²) in [5.74, 6) is 0.404. The fourth-order valence-corrected chi connectivity index (χ4v) is 3.34. The first-order valence-corrected chi connectivity index (χ1v) is 9.81. The number of nitriles is 1. The highest BCUT2D eigenvalue weighted by molar-refractivity contribution is 5.87. The lowest BCUT2D eigenvalue weighted by Crippen LogP contribution is -2.06. The fraction of sp³-hybridized carbons (Fsp3) is 0.217. The van der Waals surface area contributed by atoms with Crippen LogP contribution in [-0.2, 0) is 11.2 Å². The molecule has 2 N–H and O–H groups in total. The van der Waals surface area contributed by atoms with Gasteiger partial charge in [-0.05, 0) is 50.1 Å². The number of benzene rings is 2. The molecule has 8 nitrogen and oxygen atoms in total. The van der Waals surface area contributed by atoms with E-state index in [0.29, 0.717) is 35.0 Å². The maximum atomic E-state index is 10.8.